The van der Waals surface area contributed by atoms with Gasteiger partial charge in [0.1, 0.15) is 0 Å². The summed E-state index contributed by atoms with van der Waals surface area (Å²) in [5.74, 6) is 2.45. The molecule has 2 rings (SSSR count). The van der Waals surface area contributed by atoms with Crippen LogP contribution in [-0.4, -0.2) is 30.6 Å². The van der Waals surface area contributed by atoms with E-state index in [2.05, 4.69) is 18.0 Å². The predicted molar refractivity (Wildman–Crippen MR) is 82.9 cm³/mol. The van der Waals surface area contributed by atoms with Crippen LogP contribution in [0, 0.1) is 0 Å². The summed E-state index contributed by atoms with van der Waals surface area (Å²) in [5, 5.41) is 0.840. The van der Waals surface area contributed by atoms with Gasteiger partial charge in [0.05, 0.1) is 10.7 Å². The van der Waals surface area contributed by atoms with Crippen molar-refractivity contribution >= 4 is 29.1 Å². The maximum atomic E-state index is 6.40. The second kappa shape index (κ2) is 6.18. The lowest BCUT2D eigenvalue weighted by molar-refractivity contribution is 0.687. The van der Waals surface area contributed by atoms with Gasteiger partial charge in [-0.05, 0) is 37.1 Å². The molecule has 0 radical (unpaired) electrons. The predicted octanol–water partition coefficient (Wildman–Crippen LogP) is 3.17. The Hall–Kier alpha value is -0.380. The highest BCUT2D eigenvalue weighted by Gasteiger charge is 2.23. The molecule has 2 N–H and O–H groups in total. The Kier molecular flexibility index (Phi) is 4.82. The Balaban J connectivity index is 2.28. The second-order valence-electron chi connectivity index (χ2n) is 5.06. The lowest BCUT2D eigenvalue weighted by Gasteiger charge is -2.29. The highest BCUT2D eigenvalue weighted by atomic mass is 35.5. The summed E-state index contributed by atoms with van der Waals surface area (Å²) >= 11 is 8.42. The van der Waals surface area contributed by atoms with Crippen molar-refractivity contribution in [2.24, 2.45) is 5.73 Å². The molecule has 0 spiro atoms. The van der Waals surface area contributed by atoms with Gasteiger partial charge in [-0.1, -0.05) is 23.7 Å². The number of hydrogen-bond donors (Lipinski definition) is 1. The maximum absolute atomic E-state index is 6.40. The average molecular weight is 285 g/mol. The fourth-order valence-corrected chi connectivity index (χ4v) is 4.07. The summed E-state index contributed by atoms with van der Waals surface area (Å²) in [5.41, 5.74) is 8.36. The van der Waals surface area contributed by atoms with Gasteiger partial charge in [-0.3, -0.25) is 0 Å². The normalized spacial score (nSPS) is 21.0. The van der Waals surface area contributed by atoms with Crippen molar-refractivity contribution in [3.63, 3.8) is 0 Å². The van der Waals surface area contributed by atoms with Crippen molar-refractivity contribution < 1.29 is 0 Å². The van der Waals surface area contributed by atoms with Gasteiger partial charge in [0.2, 0.25) is 0 Å². The van der Waals surface area contributed by atoms with Crippen molar-refractivity contribution in [1.29, 1.82) is 0 Å². The zero-order valence-electron chi connectivity index (χ0n) is 11.0. The number of benzene rings is 1. The molecule has 1 aromatic carbocycles. The van der Waals surface area contributed by atoms with E-state index in [4.69, 9.17) is 17.3 Å². The second-order valence-corrected chi connectivity index (χ2v) is 6.61. The summed E-state index contributed by atoms with van der Waals surface area (Å²) in [7, 11) is 2.16. The van der Waals surface area contributed by atoms with E-state index in [1.807, 2.05) is 30.8 Å². The zero-order chi connectivity index (χ0) is 13.1. The molecule has 2 atom stereocenters. The van der Waals surface area contributed by atoms with Gasteiger partial charge in [-0.25, -0.2) is 0 Å². The van der Waals surface area contributed by atoms with E-state index in [0.29, 0.717) is 6.04 Å². The molecule has 4 heteroatoms. The molecular weight excluding hydrogens is 264 g/mol. The topological polar surface area (TPSA) is 29.3 Å². The number of thioether (sulfide) groups is 1. The van der Waals surface area contributed by atoms with E-state index in [0.717, 1.165) is 11.4 Å². The van der Waals surface area contributed by atoms with Gasteiger partial charge in [-0.2, -0.15) is 11.8 Å². The number of nitrogens with zero attached hydrogens (tertiary/aromatic N) is 1. The third-order valence-electron chi connectivity index (χ3n) is 3.42. The first-order valence-electron chi connectivity index (χ1n) is 6.43. The molecule has 0 amide bonds. The molecule has 100 valence electrons. The molecule has 0 aliphatic carbocycles. The smallest absolute Gasteiger partial charge is 0.0642 e. The van der Waals surface area contributed by atoms with Crippen molar-refractivity contribution in [3.8, 4) is 0 Å². The minimum absolute atomic E-state index is 0.161. The Morgan fingerprint density at radius 2 is 2.33 bits per heavy atom. The third kappa shape index (κ3) is 3.14. The highest BCUT2D eigenvalue weighted by Crippen LogP contribution is 2.34. The van der Waals surface area contributed by atoms with Gasteiger partial charge in [-0.15, -0.1) is 0 Å². The van der Waals surface area contributed by atoms with Crippen molar-refractivity contribution in [3.05, 3.63) is 28.8 Å². The number of hydrogen-bond acceptors (Lipinski definition) is 3. The number of nitrogens with two attached hydrogens (primary N) is 1. The first-order chi connectivity index (χ1) is 8.59. The third-order valence-corrected chi connectivity index (χ3v) is 4.87. The molecule has 0 bridgehead atoms. The van der Waals surface area contributed by atoms with Crippen LogP contribution in [0.5, 0.6) is 0 Å². The molecule has 1 saturated heterocycles. The summed E-state index contributed by atoms with van der Waals surface area (Å²) < 4.78 is 0. The molecule has 1 heterocycles. The first-order valence-corrected chi connectivity index (χ1v) is 7.96. The highest BCUT2D eigenvalue weighted by molar-refractivity contribution is 7.99. The van der Waals surface area contributed by atoms with Crippen LogP contribution in [0.3, 0.4) is 0 Å². The van der Waals surface area contributed by atoms with Gasteiger partial charge in [0.15, 0.2) is 0 Å². The van der Waals surface area contributed by atoms with Crippen LogP contribution in [0.25, 0.3) is 0 Å². The number of rotatable bonds is 4. The summed E-state index contributed by atoms with van der Waals surface area (Å²) in [6.07, 6.45) is 2.12. The summed E-state index contributed by atoms with van der Waals surface area (Å²) in [6.45, 7) is 2.04. The molecule has 1 fully saturated rings. The van der Waals surface area contributed by atoms with Gasteiger partial charge in [0.25, 0.3) is 0 Å². The lowest BCUT2D eigenvalue weighted by atomic mass is 10.0. The molecular formula is C14H21ClN2S. The van der Waals surface area contributed by atoms with Crippen LogP contribution in [0.1, 0.15) is 18.9 Å². The Morgan fingerprint density at radius 1 is 1.56 bits per heavy atom. The molecule has 18 heavy (non-hydrogen) atoms. The van der Waals surface area contributed by atoms with E-state index in [1.54, 1.807) is 0 Å². The average Bonchev–Trinajstić information content (AvgIpc) is 2.81. The Morgan fingerprint density at radius 3 is 2.94 bits per heavy atom. The standard InChI is InChI=1S/C14H21ClN2S/c1-10(16)8-11-4-3-5-13(15)14(11)17(2)12-6-7-18-9-12/h3-5,10,12H,6-9,16H2,1-2H3. The number of halogens is 1. The molecule has 2 unspecified atom stereocenters. The van der Waals surface area contributed by atoms with Crippen molar-refractivity contribution in [2.75, 3.05) is 23.5 Å². The first kappa shape index (κ1) is 14.0. The van der Waals surface area contributed by atoms with Crippen LogP contribution in [0.15, 0.2) is 18.2 Å². The van der Waals surface area contributed by atoms with Gasteiger partial charge < -0.3 is 10.6 Å². The molecule has 0 saturated carbocycles. The van der Waals surface area contributed by atoms with E-state index in [9.17, 15) is 0 Å². The summed E-state index contributed by atoms with van der Waals surface area (Å²) in [6, 6.07) is 6.89. The Labute approximate surface area is 119 Å². The molecule has 1 aromatic rings. The molecule has 1 aliphatic rings. The minimum atomic E-state index is 0.161. The van der Waals surface area contributed by atoms with Gasteiger partial charge in [0, 0.05) is 24.9 Å². The van der Waals surface area contributed by atoms with Crippen LogP contribution >= 0.6 is 23.4 Å². The SMILES string of the molecule is CC(N)Cc1cccc(Cl)c1N(C)C1CCSC1. The largest absolute Gasteiger partial charge is 0.369 e. The monoisotopic (exact) mass is 284 g/mol. The van der Waals surface area contributed by atoms with Crippen LogP contribution in [0.2, 0.25) is 5.02 Å². The van der Waals surface area contributed by atoms with E-state index in [1.165, 1.54) is 29.2 Å². The molecule has 2 nitrogen and oxygen atoms in total. The van der Waals surface area contributed by atoms with E-state index < -0.39 is 0 Å². The van der Waals surface area contributed by atoms with E-state index in [-0.39, 0.29) is 6.04 Å². The molecule has 0 aromatic heterocycles. The van der Waals surface area contributed by atoms with Crippen LogP contribution in [0.4, 0.5) is 5.69 Å². The lowest BCUT2D eigenvalue weighted by Crippen LogP contribution is -2.33. The van der Waals surface area contributed by atoms with Crippen molar-refractivity contribution in [1.82, 2.24) is 0 Å². The summed E-state index contributed by atoms with van der Waals surface area (Å²) in [4.78, 5) is 2.35. The molecule has 1 aliphatic heterocycles. The van der Waals surface area contributed by atoms with Crippen LogP contribution in [-0.2, 0) is 6.42 Å². The quantitative estimate of drug-likeness (QED) is 0.921. The number of para-hydroxylation sites is 1. The zero-order valence-corrected chi connectivity index (χ0v) is 12.6. The maximum Gasteiger partial charge on any atom is 0.0642 e. The van der Waals surface area contributed by atoms with E-state index >= 15 is 0 Å². The van der Waals surface area contributed by atoms with Crippen LogP contribution < -0.4 is 10.6 Å². The number of anilines is 1. The van der Waals surface area contributed by atoms with Gasteiger partial charge >= 0.3 is 0 Å². The minimum Gasteiger partial charge on any atom is -0.369 e. The fourth-order valence-electron chi connectivity index (χ4n) is 2.48. The Bertz CT molecular complexity index is 403. The fraction of sp³-hybridized carbons (Fsp3) is 0.571. The van der Waals surface area contributed by atoms with Crippen molar-refractivity contribution in [2.45, 2.75) is 31.8 Å².